The van der Waals surface area contributed by atoms with Gasteiger partial charge in [-0.05, 0) is 31.3 Å². The van der Waals surface area contributed by atoms with Crippen LogP contribution in [0.5, 0.6) is 0 Å². The Morgan fingerprint density at radius 2 is 2.28 bits per heavy atom. The topological polar surface area (TPSA) is 48.1 Å². The van der Waals surface area contributed by atoms with E-state index < -0.39 is 0 Å². The van der Waals surface area contributed by atoms with Crippen LogP contribution in [0.25, 0.3) is 0 Å². The molecule has 3 aliphatic heterocycles. The van der Waals surface area contributed by atoms with E-state index in [-0.39, 0.29) is 5.97 Å². The van der Waals surface area contributed by atoms with Crippen LogP contribution in [0.2, 0.25) is 0 Å². The molecule has 5 aliphatic rings. The second-order valence-electron chi connectivity index (χ2n) is 5.46. The number of carbonyl (C=O) groups excluding carboxylic acids is 1. The summed E-state index contributed by atoms with van der Waals surface area (Å²) < 4.78 is 16.3. The van der Waals surface area contributed by atoms with E-state index in [4.69, 9.17) is 14.2 Å². The molecule has 2 bridgehead atoms. The first-order valence-electron chi connectivity index (χ1n) is 6.70. The van der Waals surface area contributed by atoms with Crippen molar-refractivity contribution in [3.63, 3.8) is 0 Å². The molecule has 18 heavy (non-hydrogen) atoms. The molecule has 4 heteroatoms. The molecule has 2 aliphatic carbocycles. The lowest BCUT2D eigenvalue weighted by molar-refractivity contribution is -0.140. The van der Waals surface area contributed by atoms with Gasteiger partial charge in [-0.15, -0.1) is 0 Å². The van der Waals surface area contributed by atoms with Crippen molar-refractivity contribution in [1.82, 2.24) is 0 Å². The van der Waals surface area contributed by atoms with E-state index in [0.717, 1.165) is 43.4 Å². The Hall–Kier alpha value is -1.29. The molecule has 0 saturated carbocycles. The minimum Gasteiger partial charge on any atom is -0.494 e. The summed E-state index contributed by atoms with van der Waals surface area (Å²) in [5.74, 6) is 0.669. The molecule has 3 atom stereocenters. The third-order valence-electron chi connectivity index (χ3n) is 4.18. The highest BCUT2D eigenvalue weighted by molar-refractivity contribution is 5.89. The largest absolute Gasteiger partial charge is 0.494 e. The van der Waals surface area contributed by atoms with Gasteiger partial charge in [0.05, 0.1) is 11.7 Å². The van der Waals surface area contributed by atoms with Crippen molar-refractivity contribution in [1.29, 1.82) is 0 Å². The molecule has 5 rings (SSSR count). The van der Waals surface area contributed by atoms with E-state index in [1.165, 1.54) is 5.57 Å². The zero-order valence-corrected chi connectivity index (χ0v) is 10.2. The first-order valence-corrected chi connectivity index (χ1v) is 6.70. The van der Waals surface area contributed by atoms with Crippen molar-refractivity contribution in [2.75, 3.05) is 6.61 Å². The number of hydrogen-bond donors (Lipinski definition) is 0. The molecular formula is C14H16O4. The van der Waals surface area contributed by atoms with Crippen LogP contribution in [0.1, 0.15) is 32.1 Å². The van der Waals surface area contributed by atoms with Crippen molar-refractivity contribution in [2.45, 2.75) is 50.4 Å². The van der Waals surface area contributed by atoms with E-state index >= 15 is 0 Å². The number of epoxide rings is 1. The maximum atomic E-state index is 11.9. The predicted octanol–water partition coefficient (Wildman–Crippen LogP) is 1.85. The lowest BCUT2D eigenvalue weighted by Crippen LogP contribution is -2.33. The minimum atomic E-state index is -0.192. The van der Waals surface area contributed by atoms with Gasteiger partial charge in [-0.25, -0.2) is 4.79 Å². The first-order chi connectivity index (χ1) is 8.79. The molecule has 4 nitrogen and oxygen atoms in total. The summed E-state index contributed by atoms with van der Waals surface area (Å²) in [6, 6.07) is 0. The average Bonchev–Trinajstić information content (AvgIpc) is 3.13. The molecule has 0 aromatic carbocycles. The smallest absolute Gasteiger partial charge is 0.337 e. The summed E-state index contributed by atoms with van der Waals surface area (Å²) in [7, 11) is 0. The number of fused-ring (bicyclic) bond motifs is 3. The standard InChI is InChI=1S/C14H16O4/c15-14(10-3-2-9-6-12(10)17-9)16-7-8-1-4-11-13(5-8)18-11/h5,9,11,13H,1-4,6-7H2. The van der Waals surface area contributed by atoms with Gasteiger partial charge >= 0.3 is 5.97 Å². The second kappa shape index (κ2) is 3.85. The van der Waals surface area contributed by atoms with Gasteiger partial charge in [-0.2, -0.15) is 0 Å². The summed E-state index contributed by atoms with van der Waals surface area (Å²) in [4.78, 5) is 11.9. The van der Waals surface area contributed by atoms with Gasteiger partial charge in [0.2, 0.25) is 0 Å². The molecule has 2 fully saturated rings. The van der Waals surface area contributed by atoms with Crippen molar-refractivity contribution >= 4 is 5.97 Å². The monoisotopic (exact) mass is 248 g/mol. The summed E-state index contributed by atoms with van der Waals surface area (Å²) in [6.07, 6.45) is 7.93. The lowest BCUT2D eigenvalue weighted by Gasteiger charge is -2.37. The molecule has 0 radical (unpaired) electrons. The third kappa shape index (κ3) is 1.75. The highest BCUT2D eigenvalue weighted by Crippen LogP contribution is 2.39. The van der Waals surface area contributed by atoms with Crippen LogP contribution < -0.4 is 0 Å². The molecule has 0 amide bonds. The number of hydrogen-bond acceptors (Lipinski definition) is 4. The maximum Gasteiger partial charge on any atom is 0.337 e. The Balaban J connectivity index is 1.36. The minimum absolute atomic E-state index is 0.192. The van der Waals surface area contributed by atoms with Gasteiger partial charge in [-0.3, -0.25) is 0 Å². The number of ether oxygens (including phenoxy) is 3. The molecule has 0 spiro atoms. The molecule has 0 aromatic heterocycles. The highest BCUT2D eigenvalue weighted by Gasteiger charge is 2.40. The first kappa shape index (κ1) is 10.6. The summed E-state index contributed by atoms with van der Waals surface area (Å²) >= 11 is 0. The van der Waals surface area contributed by atoms with Crippen molar-refractivity contribution in [3.8, 4) is 0 Å². The Morgan fingerprint density at radius 3 is 3.00 bits per heavy atom. The lowest BCUT2D eigenvalue weighted by atomic mass is 9.90. The molecule has 96 valence electrons. The SMILES string of the molecule is O=C(OCC1=CC2OC2CC1)C1=C2CC(CC1)O2. The maximum absolute atomic E-state index is 11.9. The van der Waals surface area contributed by atoms with Gasteiger partial charge in [0.15, 0.2) is 0 Å². The fourth-order valence-electron chi connectivity index (χ4n) is 2.96. The number of esters is 1. The van der Waals surface area contributed by atoms with Crippen molar-refractivity contribution in [3.05, 3.63) is 23.0 Å². The molecule has 3 heterocycles. The molecule has 0 N–H and O–H groups in total. The van der Waals surface area contributed by atoms with E-state index in [1.54, 1.807) is 0 Å². The zero-order chi connectivity index (χ0) is 12.1. The van der Waals surface area contributed by atoms with E-state index in [9.17, 15) is 4.79 Å². The summed E-state index contributed by atoms with van der Waals surface area (Å²) in [5.41, 5.74) is 1.95. The summed E-state index contributed by atoms with van der Waals surface area (Å²) in [6.45, 7) is 0.408. The highest BCUT2D eigenvalue weighted by atomic mass is 16.6. The zero-order valence-electron chi connectivity index (χ0n) is 10.2. The van der Waals surface area contributed by atoms with Crippen molar-refractivity contribution in [2.24, 2.45) is 0 Å². The Kier molecular flexibility index (Phi) is 2.27. The van der Waals surface area contributed by atoms with E-state index in [0.29, 0.717) is 24.9 Å². The molecule has 0 aromatic rings. The summed E-state index contributed by atoms with van der Waals surface area (Å²) in [5, 5.41) is 0. The third-order valence-corrected chi connectivity index (χ3v) is 4.18. The van der Waals surface area contributed by atoms with Crippen LogP contribution in [-0.2, 0) is 19.0 Å². The van der Waals surface area contributed by atoms with Gasteiger partial charge in [-0.1, -0.05) is 6.08 Å². The van der Waals surface area contributed by atoms with E-state index in [2.05, 4.69) is 6.08 Å². The van der Waals surface area contributed by atoms with Gasteiger partial charge in [0.25, 0.3) is 0 Å². The fourth-order valence-corrected chi connectivity index (χ4v) is 2.96. The second-order valence-corrected chi connectivity index (χ2v) is 5.46. The van der Waals surface area contributed by atoms with Gasteiger partial charge in [0.1, 0.15) is 24.6 Å². The van der Waals surface area contributed by atoms with Crippen LogP contribution in [0.3, 0.4) is 0 Å². The number of rotatable bonds is 3. The predicted molar refractivity (Wildman–Crippen MR) is 62.7 cm³/mol. The van der Waals surface area contributed by atoms with Crippen LogP contribution in [0.15, 0.2) is 23.0 Å². The Bertz CT molecular complexity index is 454. The van der Waals surface area contributed by atoms with Crippen LogP contribution in [0, 0.1) is 0 Å². The van der Waals surface area contributed by atoms with Crippen LogP contribution in [-0.4, -0.2) is 30.9 Å². The van der Waals surface area contributed by atoms with Gasteiger partial charge < -0.3 is 14.2 Å². The van der Waals surface area contributed by atoms with Crippen molar-refractivity contribution < 1.29 is 19.0 Å². The average molecular weight is 248 g/mol. The Morgan fingerprint density at radius 1 is 1.39 bits per heavy atom. The quantitative estimate of drug-likeness (QED) is 0.434. The van der Waals surface area contributed by atoms with E-state index in [1.807, 2.05) is 0 Å². The van der Waals surface area contributed by atoms with Crippen LogP contribution >= 0.6 is 0 Å². The molecule has 2 saturated heterocycles. The van der Waals surface area contributed by atoms with Gasteiger partial charge in [0, 0.05) is 6.42 Å². The van der Waals surface area contributed by atoms with Crippen LogP contribution in [0.4, 0.5) is 0 Å². The fraction of sp³-hybridized carbons (Fsp3) is 0.643. The normalized spacial score (nSPS) is 36.0. The molecular weight excluding hydrogens is 232 g/mol. The Labute approximate surface area is 106 Å². The number of carbonyl (C=O) groups is 1. The molecule has 3 unspecified atom stereocenters.